The Labute approximate surface area is 73.3 Å². The molecule has 0 bridgehead atoms. The second-order valence-electron chi connectivity index (χ2n) is 2.02. The molecule has 1 aliphatic heterocycles. The van der Waals surface area contributed by atoms with Gasteiger partial charge in [0.15, 0.2) is 0 Å². The molecule has 0 aromatic carbocycles. The first-order valence-electron chi connectivity index (χ1n) is 3.27. The van der Waals surface area contributed by atoms with Crippen LogP contribution in [-0.4, -0.2) is 46.5 Å². The van der Waals surface area contributed by atoms with Crippen LogP contribution >= 0.6 is 0 Å². The first-order valence-corrected chi connectivity index (χ1v) is 6.53. The zero-order chi connectivity index (χ0) is 9.24. The minimum atomic E-state index is -2.86. The van der Waals surface area contributed by atoms with Crippen molar-refractivity contribution in [2.24, 2.45) is 0 Å². The Hall–Kier alpha value is 0.194. The molecule has 1 aliphatic rings. The van der Waals surface area contributed by atoms with E-state index in [1.807, 2.05) is 0 Å². The predicted octanol–water partition coefficient (Wildman–Crippen LogP) is -0.510. The maximum Gasteiger partial charge on any atom is 0.667 e. The van der Waals surface area contributed by atoms with E-state index in [1.54, 1.807) is 0 Å². The van der Waals surface area contributed by atoms with Gasteiger partial charge in [-0.2, -0.15) is 0 Å². The highest BCUT2D eigenvalue weighted by molar-refractivity contribution is 6.82. The molecule has 72 valence electrons. The Morgan fingerprint density at radius 2 is 0.917 bits per heavy atom. The van der Waals surface area contributed by atoms with Crippen LogP contribution in [0.4, 0.5) is 0 Å². The second-order valence-corrected chi connectivity index (χ2v) is 7.29. The lowest BCUT2D eigenvalue weighted by Crippen LogP contribution is -2.75. The first kappa shape index (κ1) is 10.3. The van der Waals surface area contributed by atoms with Crippen LogP contribution in [0.2, 0.25) is 0 Å². The summed E-state index contributed by atoms with van der Waals surface area (Å²) in [7, 11) is 0.118. The number of rotatable bonds is 4. The highest BCUT2D eigenvalue weighted by Crippen LogP contribution is 2.32. The van der Waals surface area contributed by atoms with Crippen molar-refractivity contribution in [3.63, 3.8) is 0 Å². The van der Waals surface area contributed by atoms with Crippen LogP contribution in [0.25, 0.3) is 0 Å². The number of hydrogen-bond donors (Lipinski definition) is 0. The summed E-state index contributed by atoms with van der Waals surface area (Å²) in [6.07, 6.45) is 0. The highest BCUT2D eigenvalue weighted by Gasteiger charge is 2.72. The molecule has 0 atom stereocenters. The summed E-state index contributed by atoms with van der Waals surface area (Å²) >= 11 is 0. The molecule has 0 spiro atoms. The van der Waals surface area contributed by atoms with Gasteiger partial charge in [0, 0.05) is 28.4 Å². The van der Waals surface area contributed by atoms with Crippen molar-refractivity contribution in [2.45, 2.75) is 0 Å². The third kappa shape index (κ3) is 1.47. The molecule has 0 radical (unpaired) electrons. The van der Waals surface area contributed by atoms with Gasteiger partial charge in [-0.3, -0.25) is 0 Å². The zero-order valence-corrected chi connectivity index (χ0v) is 9.45. The van der Waals surface area contributed by atoms with E-state index in [4.69, 9.17) is 25.9 Å². The van der Waals surface area contributed by atoms with Crippen LogP contribution < -0.4 is 0 Å². The number of hydrogen-bond acceptors (Lipinski definition) is 6. The molecule has 0 amide bonds. The summed E-state index contributed by atoms with van der Waals surface area (Å²) in [5.41, 5.74) is 0. The van der Waals surface area contributed by atoms with Crippen molar-refractivity contribution in [3.8, 4) is 0 Å². The van der Waals surface area contributed by atoms with Crippen LogP contribution in [0.1, 0.15) is 0 Å². The SMILES string of the molecule is CO[Si]1(OC)O[Si](OC)(OC)O1. The maximum absolute atomic E-state index is 5.28. The summed E-state index contributed by atoms with van der Waals surface area (Å²) in [6, 6.07) is 0. The van der Waals surface area contributed by atoms with Crippen molar-refractivity contribution < 1.29 is 25.9 Å². The fourth-order valence-corrected chi connectivity index (χ4v) is 6.32. The third-order valence-electron chi connectivity index (χ3n) is 1.50. The van der Waals surface area contributed by atoms with Gasteiger partial charge in [0.2, 0.25) is 0 Å². The van der Waals surface area contributed by atoms with E-state index in [9.17, 15) is 0 Å². The van der Waals surface area contributed by atoms with E-state index in [-0.39, 0.29) is 0 Å². The smallest absolute Gasteiger partial charge is 0.355 e. The van der Waals surface area contributed by atoms with Crippen LogP contribution in [0.5, 0.6) is 0 Å². The maximum atomic E-state index is 5.28. The lowest BCUT2D eigenvalue weighted by atomic mass is 11.8. The van der Waals surface area contributed by atoms with Crippen molar-refractivity contribution in [3.05, 3.63) is 0 Å². The van der Waals surface area contributed by atoms with E-state index in [1.165, 1.54) is 28.4 Å². The predicted molar refractivity (Wildman–Crippen MR) is 41.7 cm³/mol. The van der Waals surface area contributed by atoms with Gasteiger partial charge in [0.05, 0.1) is 0 Å². The Morgan fingerprint density at radius 3 is 1.08 bits per heavy atom. The first-order chi connectivity index (χ1) is 5.66. The second kappa shape index (κ2) is 3.51. The van der Waals surface area contributed by atoms with Gasteiger partial charge in [0.25, 0.3) is 0 Å². The van der Waals surface area contributed by atoms with E-state index < -0.39 is 18.1 Å². The van der Waals surface area contributed by atoms with Gasteiger partial charge in [-0.1, -0.05) is 0 Å². The average Bonchev–Trinajstić information content (AvgIpc) is 2.07. The van der Waals surface area contributed by atoms with Gasteiger partial charge >= 0.3 is 18.1 Å². The van der Waals surface area contributed by atoms with Crippen molar-refractivity contribution in [1.82, 2.24) is 0 Å². The Morgan fingerprint density at radius 1 is 0.667 bits per heavy atom. The summed E-state index contributed by atoms with van der Waals surface area (Å²) in [6.45, 7) is 0. The standard InChI is InChI=1S/C4H12O6Si2/c1-5-11(6-2)9-12(7-3,8-4)10-11/h1-4H3. The molecule has 1 saturated heterocycles. The van der Waals surface area contributed by atoms with Crippen LogP contribution in [0, 0.1) is 0 Å². The average molecular weight is 212 g/mol. The molecule has 0 saturated carbocycles. The molecule has 0 aromatic heterocycles. The molecule has 1 heterocycles. The zero-order valence-electron chi connectivity index (χ0n) is 7.45. The molecule has 0 aliphatic carbocycles. The van der Waals surface area contributed by atoms with Crippen LogP contribution in [0.15, 0.2) is 0 Å². The lowest BCUT2D eigenvalue weighted by Gasteiger charge is -2.43. The topological polar surface area (TPSA) is 55.4 Å². The Bertz CT molecular complexity index is 130. The summed E-state index contributed by atoms with van der Waals surface area (Å²) < 4.78 is 30.3. The van der Waals surface area contributed by atoms with Gasteiger partial charge in [-0.05, 0) is 0 Å². The lowest BCUT2D eigenvalue weighted by molar-refractivity contribution is -0.0862. The third-order valence-corrected chi connectivity index (χ3v) is 7.50. The summed E-state index contributed by atoms with van der Waals surface area (Å²) in [4.78, 5) is 0. The van der Waals surface area contributed by atoms with Gasteiger partial charge in [0.1, 0.15) is 0 Å². The molecule has 1 fully saturated rings. The van der Waals surface area contributed by atoms with E-state index in [2.05, 4.69) is 0 Å². The largest absolute Gasteiger partial charge is 0.667 e. The highest BCUT2D eigenvalue weighted by atomic mass is 28.6. The van der Waals surface area contributed by atoms with E-state index in [0.717, 1.165) is 0 Å². The monoisotopic (exact) mass is 212 g/mol. The minimum absolute atomic E-state index is 1.46. The molecule has 1 rings (SSSR count). The van der Waals surface area contributed by atoms with E-state index in [0.29, 0.717) is 0 Å². The summed E-state index contributed by atoms with van der Waals surface area (Å²) in [5, 5.41) is 0. The molecule has 6 nitrogen and oxygen atoms in total. The fourth-order valence-electron chi connectivity index (χ4n) is 0.814. The fraction of sp³-hybridized carbons (Fsp3) is 1.00. The van der Waals surface area contributed by atoms with Crippen molar-refractivity contribution in [1.29, 1.82) is 0 Å². The van der Waals surface area contributed by atoms with Crippen molar-refractivity contribution in [2.75, 3.05) is 28.4 Å². The Kier molecular flexibility index (Phi) is 3.01. The normalized spacial score (nSPS) is 25.0. The van der Waals surface area contributed by atoms with Gasteiger partial charge in [-0.25, -0.2) is 0 Å². The molecule has 0 N–H and O–H groups in total. The minimum Gasteiger partial charge on any atom is -0.355 e. The molecule has 0 aromatic rings. The van der Waals surface area contributed by atoms with Gasteiger partial charge < -0.3 is 25.9 Å². The molecule has 8 heteroatoms. The quantitative estimate of drug-likeness (QED) is 0.585. The van der Waals surface area contributed by atoms with Crippen LogP contribution in [0.3, 0.4) is 0 Å². The van der Waals surface area contributed by atoms with Gasteiger partial charge in [-0.15, -0.1) is 0 Å². The molecular formula is C4H12O6Si2. The Balaban J connectivity index is 2.52. The van der Waals surface area contributed by atoms with E-state index >= 15 is 0 Å². The van der Waals surface area contributed by atoms with Crippen LogP contribution in [-0.2, 0) is 25.9 Å². The molecule has 12 heavy (non-hydrogen) atoms. The van der Waals surface area contributed by atoms with Crippen molar-refractivity contribution >= 4 is 18.1 Å². The molecule has 0 unspecified atom stereocenters. The summed E-state index contributed by atoms with van der Waals surface area (Å²) in [5.74, 6) is 0. The molecular weight excluding hydrogens is 200 g/mol.